The van der Waals surface area contributed by atoms with Crippen LogP contribution in [0.3, 0.4) is 0 Å². The number of hydrogen-bond acceptors (Lipinski definition) is 3. The molecule has 4 nitrogen and oxygen atoms in total. The van der Waals surface area contributed by atoms with Crippen molar-refractivity contribution < 1.29 is 4.79 Å². The number of carbonyl (C=O) groups excluding carboxylic acids is 1. The lowest BCUT2D eigenvalue weighted by Crippen LogP contribution is -2.66. The Balaban J connectivity index is 1.57. The number of primary amides is 1. The highest BCUT2D eigenvalue weighted by atomic mass is 16.1. The van der Waals surface area contributed by atoms with E-state index >= 15 is 0 Å². The molecule has 2 fully saturated rings. The van der Waals surface area contributed by atoms with E-state index in [0.717, 1.165) is 19.6 Å². The van der Waals surface area contributed by atoms with Gasteiger partial charge in [-0.05, 0) is 55.3 Å². The molecule has 0 bridgehead atoms. The van der Waals surface area contributed by atoms with E-state index in [2.05, 4.69) is 64.4 Å². The first-order valence-corrected chi connectivity index (χ1v) is 11.1. The van der Waals surface area contributed by atoms with Crippen LogP contribution < -0.4 is 5.73 Å². The van der Waals surface area contributed by atoms with E-state index in [1.54, 1.807) is 0 Å². The normalized spacial score (nSPS) is 29.9. The van der Waals surface area contributed by atoms with Gasteiger partial charge in [-0.2, -0.15) is 0 Å². The van der Waals surface area contributed by atoms with Gasteiger partial charge in [-0.15, -0.1) is 0 Å². The number of hydrogen-bond donors (Lipinski definition) is 1. The molecule has 2 heterocycles. The molecule has 1 amide bonds. The monoisotopic (exact) mass is 389 g/mol. The third-order valence-electron chi connectivity index (χ3n) is 7.36. The van der Waals surface area contributed by atoms with Crippen LogP contribution in [0.1, 0.15) is 48.3 Å². The molecule has 5 rings (SSSR count). The maximum absolute atomic E-state index is 12.6. The van der Waals surface area contributed by atoms with Crippen molar-refractivity contribution in [2.75, 3.05) is 13.1 Å². The van der Waals surface area contributed by atoms with E-state index < -0.39 is 0 Å². The third-order valence-corrected chi connectivity index (χ3v) is 7.36. The number of rotatable bonds is 4. The third kappa shape index (κ3) is 3.49. The molecule has 152 valence electrons. The molecular formula is C25H31N3O. The maximum Gasteiger partial charge on any atom is 0.236 e. The van der Waals surface area contributed by atoms with Crippen LogP contribution in [0.2, 0.25) is 0 Å². The summed E-state index contributed by atoms with van der Waals surface area (Å²) in [5.41, 5.74) is 10.2. The average molecular weight is 390 g/mol. The number of amides is 1. The zero-order chi connectivity index (χ0) is 19.8. The summed E-state index contributed by atoms with van der Waals surface area (Å²) in [5, 5.41) is 0. The Bertz CT molecular complexity index is 867. The van der Waals surface area contributed by atoms with Gasteiger partial charge in [0.1, 0.15) is 6.04 Å². The minimum absolute atomic E-state index is 0.180. The lowest BCUT2D eigenvalue weighted by molar-refractivity contribution is -0.130. The van der Waals surface area contributed by atoms with Gasteiger partial charge in [0.05, 0.1) is 0 Å². The van der Waals surface area contributed by atoms with Crippen molar-refractivity contribution in [3.05, 3.63) is 71.3 Å². The Labute approximate surface area is 173 Å². The molecule has 1 unspecified atom stereocenters. The van der Waals surface area contributed by atoms with Crippen molar-refractivity contribution in [2.45, 2.75) is 62.7 Å². The summed E-state index contributed by atoms with van der Waals surface area (Å²) in [5.74, 6) is 0.289. The van der Waals surface area contributed by atoms with Crippen molar-refractivity contribution in [2.24, 2.45) is 5.73 Å². The van der Waals surface area contributed by atoms with Crippen LogP contribution in [-0.4, -0.2) is 46.9 Å². The fraction of sp³-hybridized carbons (Fsp3) is 0.480. The van der Waals surface area contributed by atoms with Gasteiger partial charge in [0.2, 0.25) is 5.91 Å². The summed E-state index contributed by atoms with van der Waals surface area (Å²) in [6, 6.07) is 20.2. The topological polar surface area (TPSA) is 49.6 Å². The highest BCUT2D eigenvalue weighted by molar-refractivity contribution is 5.80. The van der Waals surface area contributed by atoms with E-state index in [9.17, 15) is 4.79 Å². The number of nitrogens with two attached hydrogens (primary N) is 1. The largest absolute Gasteiger partial charge is 0.368 e. The second-order valence-electron chi connectivity index (χ2n) is 8.97. The van der Waals surface area contributed by atoms with Crippen LogP contribution in [-0.2, 0) is 17.8 Å². The second-order valence-corrected chi connectivity index (χ2v) is 8.97. The van der Waals surface area contributed by atoms with Gasteiger partial charge in [0, 0.05) is 31.1 Å². The molecule has 2 aromatic rings. The van der Waals surface area contributed by atoms with Crippen molar-refractivity contribution in [1.29, 1.82) is 0 Å². The SMILES string of the molecule is NC(=O)[C@@H]1CN2CCC[C@@H]2C([C@@H]2CCCc3ccccc32)N1Cc1ccccc1. The summed E-state index contributed by atoms with van der Waals surface area (Å²) in [6.45, 7) is 2.66. The number of fused-ring (bicyclic) bond motifs is 2. The number of nitrogens with zero attached hydrogens (tertiary/aromatic N) is 2. The Kier molecular flexibility index (Phi) is 5.15. The zero-order valence-corrected chi connectivity index (χ0v) is 17.0. The summed E-state index contributed by atoms with van der Waals surface area (Å²) in [6.07, 6.45) is 6.04. The van der Waals surface area contributed by atoms with Crippen LogP contribution >= 0.6 is 0 Å². The molecule has 3 aliphatic rings. The molecule has 4 atom stereocenters. The Morgan fingerprint density at radius 3 is 2.62 bits per heavy atom. The molecule has 2 saturated heterocycles. The van der Waals surface area contributed by atoms with E-state index in [-0.39, 0.29) is 11.9 Å². The van der Waals surface area contributed by atoms with Gasteiger partial charge in [0.25, 0.3) is 0 Å². The van der Waals surface area contributed by atoms with Crippen LogP contribution in [0.15, 0.2) is 54.6 Å². The smallest absolute Gasteiger partial charge is 0.236 e. The lowest BCUT2D eigenvalue weighted by Gasteiger charge is -2.52. The number of benzene rings is 2. The summed E-state index contributed by atoms with van der Waals surface area (Å²) >= 11 is 0. The van der Waals surface area contributed by atoms with E-state index in [1.165, 1.54) is 48.8 Å². The Hall–Kier alpha value is -2.17. The van der Waals surface area contributed by atoms with Gasteiger partial charge in [0.15, 0.2) is 0 Å². The number of piperazine rings is 1. The predicted molar refractivity (Wildman–Crippen MR) is 115 cm³/mol. The van der Waals surface area contributed by atoms with Crippen molar-refractivity contribution in [3.63, 3.8) is 0 Å². The maximum atomic E-state index is 12.6. The zero-order valence-electron chi connectivity index (χ0n) is 17.0. The van der Waals surface area contributed by atoms with Crippen molar-refractivity contribution in [3.8, 4) is 0 Å². The first-order valence-electron chi connectivity index (χ1n) is 11.1. The minimum Gasteiger partial charge on any atom is -0.368 e. The second kappa shape index (κ2) is 7.92. The lowest BCUT2D eigenvalue weighted by atomic mass is 9.74. The molecule has 2 aliphatic heterocycles. The van der Waals surface area contributed by atoms with E-state index in [1.807, 2.05) is 0 Å². The fourth-order valence-electron chi connectivity index (χ4n) is 6.13. The molecule has 0 aromatic heterocycles. The number of carbonyl (C=O) groups is 1. The van der Waals surface area contributed by atoms with Crippen molar-refractivity contribution >= 4 is 5.91 Å². The van der Waals surface area contributed by atoms with Gasteiger partial charge in [-0.25, -0.2) is 0 Å². The molecule has 0 spiro atoms. The molecule has 2 N–H and O–H groups in total. The Morgan fingerprint density at radius 2 is 1.79 bits per heavy atom. The van der Waals surface area contributed by atoms with Gasteiger partial charge in [-0.1, -0.05) is 54.6 Å². The summed E-state index contributed by atoms with van der Waals surface area (Å²) in [7, 11) is 0. The van der Waals surface area contributed by atoms with E-state index in [0.29, 0.717) is 18.0 Å². The first-order chi connectivity index (χ1) is 14.2. The molecule has 2 aromatic carbocycles. The average Bonchev–Trinajstić information content (AvgIpc) is 3.22. The Morgan fingerprint density at radius 1 is 1.00 bits per heavy atom. The fourth-order valence-corrected chi connectivity index (χ4v) is 6.13. The molecule has 1 aliphatic carbocycles. The summed E-state index contributed by atoms with van der Waals surface area (Å²) in [4.78, 5) is 17.6. The van der Waals surface area contributed by atoms with E-state index in [4.69, 9.17) is 5.73 Å². The predicted octanol–water partition coefficient (Wildman–Crippen LogP) is 3.31. The van der Waals surface area contributed by atoms with Gasteiger partial charge < -0.3 is 5.73 Å². The quantitative estimate of drug-likeness (QED) is 0.873. The summed E-state index contributed by atoms with van der Waals surface area (Å²) < 4.78 is 0. The number of aryl methyl sites for hydroxylation is 1. The molecular weight excluding hydrogens is 358 g/mol. The van der Waals surface area contributed by atoms with Gasteiger partial charge >= 0.3 is 0 Å². The highest BCUT2D eigenvalue weighted by Crippen LogP contribution is 2.43. The standard InChI is InChI=1S/C25H31N3O/c26-25(29)23-17-27-15-7-14-22(27)24(28(23)16-18-8-2-1-3-9-18)21-13-6-11-19-10-4-5-12-20(19)21/h1-5,8-10,12,21-24H,6-7,11,13-17H2,(H2,26,29)/t21-,22-,23+,24?/m1/s1. The molecule has 29 heavy (non-hydrogen) atoms. The van der Waals surface area contributed by atoms with Crippen LogP contribution in [0, 0.1) is 0 Å². The highest BCUT2D eigenvalue weighted by Gasteiger charge is 2.49. The van der Waals surface area contributed by atoms with Crippen LogP contribution in [0.25, 0.3) is 0 Å². The minimum atomic E-state index is -0.219. The van der Waals surface area contributed by atoms with Crippen LogP contribution in [0.4, 0.5) is 0 Å². The molecule has 0 radical (unpaired) electrons. The first kappa shape index (κ1) is 18.8. The van der Waals surface area contributed by atoms with Crippen LogP contribution in [0.5, 0.6) is 0 Å². The van der Waals surface area contributed by atoms with Gasteiger partial charge in [-0.3, -0.25) is 14.6 Å². The van der Waals surface area contributed by atoms with Crippen molar-refractivity contribution in [1.82, 2.24) is 9.80 Å². The molecule has 0 saturated carbocycles. The molecule has 4 heteroatoms.